The first-order valence-electron chi connectivity index (χ1n) is 6.24. The van der Waals surface area contributed by atoms with Gasteiger partial charge in [0.2, 0.25) is 5.95 Å². The van der Waals surface area contributed by atoms with E-state index in [9.17, 15) is 0 Å². The van der Waals surface area contributed by atoms with Gasteiger partial charge in [0, 0.05) is 11.3 Å². The van der Waals surface area contributed by atoms with E-state index < -0.39 is 0 Å². The number of nitrogens with two attached hydrogens (primary N) is 1. The van der Waals surface area contributed by atoms with E-state index in [1.807, 2.05) is 26.3 Å². The Bertz CT molecular complexity index is 573. The minimum absolute atomic E-state index is 0.0375. The van der Waals surface area contributed by atoms with Gasteiger partial charge in [-0.15, -0.1) is 16.3 Å². The number of anilines is 1. The van der Waals surface area contributed by atoms with Crippen LogP contribution in [-0.4, -0.2) is 32.6 Å². The van der Waals surface area contributed by atoms with Gasteiger partial charge in [-0.05, 0) is 20.8 Å². The first kappa shape index (κ1) is 14.4. The molecule has 0 saturated heterocycles. The van der Waals surface area contributed by atoms with Crippen LogP contribution in [0.4, 0.5) is 5.95 Å². The average Bonchev–Trinajstić information content (AvgIpc) is 2.73. The molecule has 0 bridgehead atoms. The van der Waals surface area contributed by atoms with Crippen molar-refractivity contribution >= 4 is 17.3 Å². The zero-order chi connectivity index (χ0) is 14.5. The van der Waals surface area contributed by atoms with E-state index in [1.165, 1.54) is 4.88 Å². The zero-order valence-corrected chi connectivity index (χ0v) is 12.5. The van der Waals surface area contributed by atoms with Gasteiger partial charge in [0.1, 0.15) is 0 Å². The third kappa shape index (κ3) is 4.02. The van der Waals surface area contributed by atoms with Crippen molar-refractivity contribution in [1.29, 1.82) is 0 Å². The molecule has 7 nitrogen and oxygen atoms in total. The minimum Gasteiger partial charge on any atom is -0.463 e. The Morgan fingerprint density at radius 3 is 2.65 bits per heavy atom. The van der Waals surface area contributed by atoms with Crippen LogP contribution in [0.15, 0.2) is 5.51 Å². The molecule has 20 heavy (non-hydrogen) atoms. The van der Waals surface area contributed by atoms with Crippen molar-refractivity contribution < 1.29 is 9.47 Å². The number of hydrogen-bond donors (Lipinski definition) is 1. The predicted molar refractivity (Wildman–Crippen MR) is 76.1 cm³/mol. The number of aromatic nitrogens is 4. The first-order valence-corrected chi connectivity index (χ1v) is 7.12. The largest absolute Gasteiger partial charge is 0.463 e. The second kappa shape index (κ2) is 6.47. The number of nitrogen functional groups attached to an aromatic ring is 1. The molecule has 0 spiro atoms. The van der Waals surface area contributed by atoms with Gasteiger partial charge >= 0.3 is 12.0 Å². The second-order valence-corrected chi connectivity index (χ2v) is 5.32. The van der Waals surface area contributed by atoms with Gasteiger partial charge in [0.25, 0.3) is 0 Å². The summed E-state index contributed by atoms with van der Waals surface area (Å²) < 4.78 is 10.9. The smallest absolute Gasteiger partial charge is 0.324 e. The van der Waals surface area contributed by atoms with Crippen LogP contribution in [-0.2, 0) is 6.42 Å². The topological polar surface area (TPSA) is 96.0 Å². The Morgan fingerprint density at radius 2 is 2.00 bits per heavy atom. The van der Waals surface area contributed by atoms with Gasteiger partial charge in [-0.25, -0.2) is 4.98 Å². The van der Waals surface area contributed by atoms with E-state index in [0.29, 0.717) is 6.61 Å². The summed E-state index contributed by atoms with van der Waals surface area (Å²) in [4.78, 5) is 17.2. The summed E-state index contributed by atoms with van der Waals surface area (Å²) in [5, 5.41) is 0. The molecular weight excluding hydrogens is 278 g/mol. The molecule has 108 valence electrons. The molecule has 0 saturated carbocycles. The third-order valence-corrected chi connectivity index (χ3v) is 3.35. The summed E-state index contributed by atoms with van der Waals surface area (Å²) in [7, 11) is 0. The van der Waals surface area contributed by atoms with E-state index in [4.69, 9.17) is 15.2 Å². The number of thiazole rings is 1. The van der Waals surface area contributed by atoms with Crippen LogP contribution in [0.2, 0.25) is 0 Å². The lowest BCUT2D eigenvalue weighted by Crippen LogP contribution is -2.12. The highest BCUT2D eigenvalue weighted by molar-refractivity contribution is 7.09. The highest BCUT2D eigenvalue weighted by atomic mass is 32.1. The Labute approximate surface area is 121 Å². The first-order chi connectivity index (χ1) is 9.54. The number of aryl methyl sites for hydroxylation is 1. The van der Waals surface area contributed by atoms with Crippen LogP contribution in [0, 0.1) is 6.92 Å². The van der Waals surface area contributed by atoms with E-state index in [0.717, 1.165) is 12.1 Å². The quantitative estimate of drug-likeness (QED) is 0.865. The van der Waals surface area contributed by atoms with Crippen LogP contribution < -0.4 is 15.2 Å². The summed E-state index contributed by atoms with van der Waals surface area (Å²) in [6.07, 6.45) is 0.715. The van der Waals surface area contributed by atoms with Gasteiger partial charge in [0.05, 0.1) is 23.9 Å². The number of ether oxygens (including phenoxy) is 2. The second-order valence-electron chi connectivity index (χ2n) is 4.38. The molecule has 0 aromatic carbocycles. The molecule has 2 aromatic rings. The van der Waals surface area contributed by atoms with Crippen LogP contribution in [0.3, 0.4) is 0 Å². The summed E-state index contributed by atoms with van der Waals surface area (Å²) >= 11 is 1.61. The van der Waals surface area contributed by atoms with Crippen molar-refractivity contribution in [2.24, 2.45) is 0 Å². The van der Waals surface area contributed by atoms with E-state index >= 15 is 0 Å². The third-order valence-electron chi connectivity index (χ3n) is 2.36. The van der Waals surface area contributed by atoms with Gasteiger partial charge in [-0.2, -0.15) is 9.97 Å². The Kier molecular flexibility index (Phi) is 4.67. The highest BCUT2D eigenvalue weighted by Crippen LogP contribution is 2.15. The fourth-order valence-electron chi connectivity index (χ4n) is 1.48. The lowest BCUT2D eigenvalue weighted by atomic mass is 10.3. The maximum atomic E-state index is 5.60. The molecule has 0 aliphatic heterocycles. The molecule has 0 amide bonds. The van der Waals surface area contributed by atoms with E-state index in [-0.39, 0.29) is 24.1 Å². The van der Waals surface area contributed by atoms with Crippen molar-refractivity contribution in [2.75, 3.05) is 12.3 Å². The molecule has 2 rings (SSSR count). The summed E-state index contributed by atoms with van der Waals surface area (Å²) in [6, 6.07) is 0.354. The van der Waals surface area contributed by atoms with Gasteiger partial charge in [-0.3, -0.25) is 0 Å². The molecule has 2 N–H and O–H groups in total. The maximum absolute atomic E-state index is 5.60. The number of nitrogens with zero attached hydrogens (tertiary/aromatic N) is 4. The lowest BCUT2D eigenvalue weighted by molar-refractivity contribution is 0.213. The summed E-state index contributed by atoms with van der Waals surface area (Å²) in [6.45, 7) is 6.19. The standard InChI is InChI=1S/C12H17N5O2S/c1-7(2)19-12-16-10(13)15-11(17-12)18-5-4-9-8(3)14-6-20-9/h6-7H,4-5H2,1-3H3,(H2,13,15,16,17). The van der Waals surface area contributed by atoms with Crippen molar-refractivity contribution in [3.8, 4) is 12.0 Å². The average molecular weight is 295 g/mol. The molecule has 0 aliphatic rings. The molecule has 0 atom stereocenters. The monoisotopic (exact) mass is 295 g/mol. The molecule has 8 heteroatoms. The maximum Gasteiger partial charge on any atom is 0.324 e. The normalized spacial score (nSPS) is 10.8. The zero-order valence-electron chi connectivity index (χ0n) is 11.7. The van der Waals surface area contributed by atoms with Crippen LogP contribution in [0.1, 0.15) is 24.4 Å². The lowest BCUT2D eigenvalue weighted by Gasteiger charge is -2.09. The molecule has 0 fully saturated rings. The SMILES string of the molecule is Cc1ncsc1CCOc1nc(N)nc(OC(C)C)n1. The van der Waals surface area contributed by atoms with E-state index in [1.54, 1.807) is 11.3 Å². The Balaban J connectivity index is 1.95. The van der Waals surface area contributed by atoms with Crippen LogP contribution in [0.25, 0.3) is 0 Å². The Hall–Kier alpha value is -1.96. The van der Waals surface area contributed by atoms with E-state index in [2.05, 4.69) is 19.9 Å². The molecule has 0 aliphatic carbocycles. The fourth-order valence-corrected chi connectivity index (χ4v) is 2.24. The number of rotatable bonds is 6. The molecule has 0 unspecified atom stereocenters. The van der Waals surface area contributed by atoms with Gasteiger partial charge < -0.3 is 15.2 Å². The van der Waals surface area contributed by atoms with Crippen LogP contribution in [0.5, 0.6) is 12.0 Å². The van der Waals surface area contributed by atoms with Crippen molar-refractivity contribution in [1.82, 2.24) is 19.9 Å². The minimum atomic E-state index is -0.0375. The van der Waals surface area contributed by atoms with Gasteiger partial charge in [-0.1, -0.05) is 0 Å². The van der Waals surface area contributed by atoms with Crippen molar-refractivity contribution in [2.45, 2.75) is 33.3 Å². The fraction of sp³-hybridized carbons (Fsp3) is 0.500. The summed E-state index contributed by atoms with van der Waals surface area (Å²) in [5.74, 6) is 0.0830. The van der Waals surface area contributed by atoms with Gasteiger partial charge in [0.15, 0.2) is 0 Å². The van der Waals surface area contributed by atoms with Crippen LogP contribution >= 0.6 is 11.3 Å². The molecule has 0 radical (unpaired) electrons. The number of hydrogen-bond acceptors (Lipinski definition) is 8. The molecular formula is C12H17N5O2S. The highest BCUT2D eigenvalue weighted by Gasteiger charge is 2.09. The Morgan fingerprint density at radius 1 is 1.25 bits per heavy atom. The molecule has 2 aromatic heterocycles. The van der Waals surface area contributed by atoms with Crippen molar-refractivity contribution in [3.05, 3.63) is 16.1 Å². The molecule has 2 heterocycles. The van der Waals surface area contributed by atoms with Crippen molar-refractivity contribution in [3.63, 3.8) is 0 Å². The predicted octanol–water partition coefficient (Wildman–Crippen LogP) is 1.63. The summed E-state index contributed by atoms with van der Waals surface area (Å²) in [5.41, 5.74) is 8.44.